The molecule has 2 aromatic rings. The van der Waals surface area contributed by atoms with E-state index in [4.69, 9.17) is 18.0 Å². The van der Waals surface area contributed by atoms with Crippen LogP contribution in [0.4, 0.5) is 4.39 Å². The lowest BCUT2D eigenvalue weighted by Gasteiger charge is -2.04. The fraction of sp³-hybridized carbons (Fsp3) is 0. The number of benzene rings is 1. The van der Waals surface area contributed by atoms with Gasteiger partial charge in [-0.1, -0.05) is 12.2 Å². The van der Waals surface area contributed by atoms with Gasteiger partial charge in [-0.25, -0.2) is 4.39 Å². The maximum Gasteiger partial charge on any atom is 0.131 e. The molecule has 0 bridgehead atoms. The molecule has 0 saturated heterocycles. The number of pyridine rings is 1. The molecule has 1 aromatic heterocycles. The molecule has 0 radical (unpaired) electrons. The molecule has 0 aliphatic heterocycles. The topological polar surface area (TPSA) is 38.9 Å². The number of fused-ring (bicyclic) bond motifs is 1. The highest BCUT2D eigenvalue weighted by atomic mass is 32.1. The van der Waals surface area contributed by atoms with Crippen LogP contribution in [0.2, 0.25) is 0 Å². The van der Waals surface area contributed by atoms with E-state index in [9.17, 15) is 4.39 Å². The first kappa shape index (κ1) is 9.02. The van der Waals surface area contributed by atoms with Gasteiger partial charge >= 0.3 is 0 Å². The van der Waals surface area contributed by atoms with Gasteiger partial charge in [-0.3, -0.25) is 4.98 Å². The third-order valence-electron chi connectivity index (χ3n) is 2.03. The van der Waals surface area contributed by atoms with E-state index in [-0.39, 0.29) is 10.8 Å². The van der Waals surface area contributed by atoms with E-state index >= 15 is 0 Å². The van der Waals surface area contributed by atoms with Crippen LogP contribution in [0.5, 0.6) is 0 Å². The van der Waals surface area contributed by atoms with Crippen LogP contribution in [0, 0.1) is 5.82 Å². The van der Waals surface area contributed by atoms with Crippen molar-refractivity contribution in [3.05, 3.63) is 42.0 Å². The molecule has 4 heteroatoms. The fourth-order valence-electron chi connectivity index (χ4n) is 1.37. The summed E-state index contributed by atoms with van der Waals surface area (Å²) in [5, 5.41) is 1.14. The smallest absolute Gasteiger partial charge is 0.131 e. The lowest BCUT2D eigenvalue weighted by molar-refractivity contribution is 0.639. The van der Waals surface area contributed by atoms with E-state index < -0.39 is 0 Å². The molecule has 1 heterocycles. The lowest BCUT2D eigenvalue weighted by Crippen LogP contribution is -2.10. The Balaban J connectivity index is 2.88. The van der Waals surface area contributed by atoms with Crippen molar-refractivity contribution in [3.63, 3.8) is 0 Å². The van der Waals surface area contributed by atoms with Crippen LogP contribution in [0.15, 0.2) is 30.6 Å². The molecule has 0 saturated carbocycles. The zero-order chi connectivity index (χ0) is 10.1. The van der Waals surface area contributed by atoms with Crippen molar-refractivity contribution in [2.75, 3.05) is 0 Å². The molecule has 0 fully saturated rings. The van der Waals surface area contributed by atoms with Crippen molar-refractivity contribution in [1.82, 2.24) is 4.98 Å². The van der Waals surface area contributed by atoms with Crippen molar-refractivity contribution in [2.24, 2.45) is 5.73 Å². The molecule has 0 spiro atoms. The predicted octanol–water partition coefficient (Wildman–Crippen LogP) is 2.01. The SMILES string of the molecule is NC(=S)c1ccc(F)c2ccncc12. The highest BCUT2D eigenvalue weighted by Gasteiger charge is 2.06. The van der Waals surface area contributed by atoms with E-state index in [0.717, 1.165) is 0 Å². The first-order valence-electron chi connectivity index (χ1n) is 4.02. The van der Waals surface area contributed by atoms with Gasteiger partial charge in [-0.05, 0) is 18.2 Å². The van der Waals surface area contributed by atoms with Gasteiger partial charge < -0.3 is 5.73 Å². The van der Waals surface area contributed by atoms with Crippen molar-refractivity contribution < 1.29 is 4.39 Å². The Bertz CT molecular complexity index is 510. The lowest BCUT2D eigenvalue weighted by atomic mass is 10.1. The largest absolute Gasteiger partial charge is 0.389 e. The summed E-state index contributed by atoms with van der Waals surface area (Å²) in [6.07, 6.45) is 3.10. The summed E-state index contributed by atoms with van der Waals surface area (Å²) >= 11 is 4.86. The number of thiocarbonyl (C=S) groups is 1. The van der Waals surface area contributed by atoms with Crippen LogP contribution in [-0.2, 0) is 0 Å². The third-order valence-corrected chi connectivity index (χ3v) is 2.25. The molecular formula is C10H7FN2S. The Morgan fingerprint density at radius 3 is 2.79 bits per heavy atom. The molecule has 1 aromatic carbocycles. The number of hydrogen-bond donors (Lipinski definition) is 1. The summed E-state index contributed by atoms with van der Waals surface area (Å²) in [6.45, 7) is 0. The van der Waals surface area contributed by atoms with Gasteiger partial charge in [0.2, 0.25) is 0 Å². The average molecular weight is 206 g/mol. The Hall–Kier alpha value is -1.55. The van der Waals surface area contributed by atoms with Crippen molar-refractivity contribution in [2.45, 2.75) is 0 Å². The van der Waals surface area contributed by atoms with Crippen LogP contribution < -0.4 is 5.73 Å². The van der Waals surface area contributed by atoms with Gasteiger partial charge in [-0.2, -0.15) is 0 Å². The first-order valence-corrected chi connectivity index (χ1v) is 4.43. The predicted molar refractivity (Wildman–Crippen MR) is 57.6 cm³/mol. The zero-order valence-electron chi connectivity index (χ0n) is 7.20. The standard InChI is InChI=1S/C10H7FN2S/c11-9-2-1-7(10(12)14)8-5-13-4-3-6(8)9/h1-5H,(H2,12,14). The molecular weight excluding hydrogens is 199 g/mol. The summed E-state index contributed by atoms with van der Waals surface area (Å²) in [7, 11) is 0. The second-order valence-electron chi connectivity index (χ2n) is 2.88. The molecule has 0 unspecified atom stereocenters. The van der Waals surface area contributed by atoms with Gasteiger partial charge in [0, 0.05) is 28.7 Å². The van der Waals surface area contributed by atoms with E-state index in [1.54, 1.807) is 18.3 Å². The van der Waals surface area contributed by atoms with Crippen molar-refractivity contribution in [1.29, 1.82) is 0 Å². The van der Waals surface area contributed by atoms with Crippen LogP contribution in [0.1, 0.15) is 5.56 Å². The minimum atomic E-state index is -0.289. The highest BCUT2D eigenvalue weighted by molar-refractivity contribution is 7.80. The number of nitrogens with two attached hydrogens (primary N) is 1. The fourth-order valence-corrected chi connectivity index (χ4v) is 1.55. The number of nitrogens with zero attached hydrogens (tertiary/aromatic N) is 1. The van der Waals surface area contributed by atoms with Crippen LogP contribution >= 0.6 is 12.2 Å². The number of aromatic nitrogens is 1. The van der Waals surface area contributed by atoms with Crippen molar-refractivity contribution >= 4 is 28.0 Å². The molecule has 2 nitrogen and oxygen atoms in total. The van der Waals surface area contributed by atoms with Crippen LogP contribution in [-0.4, -0.2) is 9.97 Å². The monoisotopic (exact) mass is 206 g/mol. The molecule has 70 valence electrons. The highest BCUT2D eigenvalue weighted by Crippen LogP contribution is 2.20. The summed E-state index contributed by atoms with van der Waals surface area (Å²) in [5.74, 6) is -0.289. The molecule has 0 aliphatic rings. The van der Waals surface area contributed by atoms with E-state index in [0.29, 0.717) is 16.3 Å². The molecule has 2 rings (SSSR count). The molecule has 0 aliphatic carbocycles. The van der Waals surface area contributed by atoms with Gasteiger partial charge in [-0.15, -0.1) is 0 Å². The Labute approximate surface area is 85.6 Å². The average Bonchev–Trinajstić information content (AvgIpc) is 2.18. The van der Waals surface area contributed by atoms with E-state index in [1.807, 2.05) is 0 Å². The number of hydrogen-bond acceptors (Lipinski definition) is 2. The van der Waals surface area contributed by atoms with Crippen LogP contribution in [0.25, 0.3) is 10.8 Å². The zero-order valence-corrected chi connectivity index (χ0v) is 8.01. The van der Waals surface area contributed by atoms with Crippen molar-refractivity contribution in [3.8, 4) is 0 Å². The maximum absolute atomic E-state index is 13.3. The van der Waals surface area contributed by atoms with Gasteiger partial charge in [0.1, 0.15) is 10.8 Å². The minimum Gasteiger partial charge on any atom is -0.389 e. The van der Waals surface area contributed by atoms with Gasteiger partial charge in [0.25, 0.3) is 0 Å². The number of halogens is 1. The first-order chi connectivity index (χ1) is 6.70. The van der Waals surface area contributed by atoms with Gasteiger partial charge in [0.15, 0.2) is 0 Å². The quantitative estimate of drug-likeness (QED) is 0.725. The third kappa shape index (κ3) is 1.33. The maximum atomic E-state index is 13.3. The summed E-state index contributed by atoms with van der Waals surface area (Å²) in [6, 6.07) is 4.53. The summed E-state index contributed by atoms with van der Waals surface area (Å²) in [5.41, 5.74) is 6.17. The van der Waals surface area contributed by atoms with E-state index in [1.165, 1.54) is 12.3 Å². The molecule has 0 amide bonds. The second kappa shape index (κ2) is 3.31. The summed E-state index contributed by atoms with van der Waals surface area (Å²) in [4.78, 5) is 4.17. The summed E-state index contributed by atoms with van der Waals surface area (Å²) < 4.78 is 13.3. The molecule has 2 N–H and O–H groups in total. The minimum absolute atomic E-state index is 0.253. The van der Waals surface area contributed by atoms with E-state index in [2.05, 4.69) is 4.98 Å². The second-order valence-corrected chi connectivity index (χ2v) is 3.32. The van der Waals surface area contributed by atoms with Gasteiger partial charge in [0.05, 0.1) is 0 Å². The van der Waals surface area contributed by atoms with Crippen LogP contribution in [0.3, 0.4) is 0 Å². The molecule has 0 atom stereocenters. The Morgan fingerprint density at radius 2 is 2.07 bits per heavy atom. The normalized spacial score (nSPS) is 10.4. The Morgan fingerprint density at radius 1 is 1.29 bits per heavy atom. The number of rotatable bonds is 1. The Kier molecular flexibility index (Phi) is 2.13. The molecule has 14 heavy (non-hydrogen) atoms.